The van der Waals surface area contributed by atoms with E-state index in [-0.39, 0.29) is 55.0 Å². The van der Waals surface area contributed by atoms with Crippen LogP contribution in [0.2, 0.25) is 10.0 Å². The number of nitrogens with two attached hydrogens (primary N) is 2. The van der Waals surface area contributed by atoms with Gasteiger partial charge in [-0.05, 0) is 42.5 Å². The fourth-order valence-electron chi connectivity index (χ4n) is 4.20. The van der Waals surface area contributed by atoms with Gasteiger partial charge in [0.1, 0.15) is 14.7 Å². The van der Waals surface area contributed by atoms with E-state index in [0.29, 0.717) is 12.1 Å². The number of anilines is 2. The molecule has 0 bridgehead atoms. The van der Waals surface area contributed by atoms with Crippen LogP contribution in [0.3, 0.4) is 0 Å². The van der Waals surface area contributed by atoms with Crippen LogP contribution >= 0.6 is 23.2 Å². The molecule has 0 aromatic heterocycles. The Morgan fingerprint density at radius 3 is 1.93 bits per heavy atom. The van der Waals surface area contributed by atoms with Gasteiger partial charge in [-0.15, -0.1) is 0 Å². The molecule has 2 aromatic rings. The van der Waals surface area contributed by atoms with Crippen LogP contribution in [0.25, 0.3) is 0 Å². The monoisotopic (exact) mass is 670 g/mol. The number of carbonyl (C=O) groups excluding carboxylic acids is 1. The Labute approximate surface area is 249 Å². The summed E-state index contributed by atoms with van der Waals surface area (Å²) in [6.45, 7) is 7.91. The maximum absolute atomic E-state index is 12.5. The molecule has 0 radical (unpaired) electrons. The lowest BCUT2D eigenvalue weighted by Gasteiger charge is -2.34. The minimum atomic E-state index is -4.12. The first-order valence-corrected chi connectivity index (χ1v) is 17.7. The summed E-state index contributed by atoms with van der Waals surface area (Å²) < 4.78 is 73.1. The Morgan fingerprint density at radius 2 is 1.41 bits per heavy atom. The highest BCUT2D eigenvalue weighted by Gasteiger charge is 2.35. The molecule has 4 atom stereocenters. The Bertz CT molecular complexity index is 1690. The number of halogens is 2. The molecule has 41 heavy (non-hydrogen) atoms. The summed E-state index contributed by atoms with van der Waals surface area (Å²) in [5.74, 6) is -0.0345. The van der Waals surface area contributed by atoms with Crippen LogP contribution in [-0.4, -0.2) is 43.5 Å². The third-order valence-electron chi connectivity index (χ3n) is 6.96. The Balaban J connectivity index is 0.000000232. The molecule has 2 aliphatic rings. The van der Waals surface area contributed by atoms with Gasteiger partial charge in [-0.2, -0.15) is 4.72 Å². The van der Waals surface area contributed by atoms with Crippen molar-refractivity contribution in [3.05, 3.63) is 39.9 Å². The van der Waals surface area contributed by atoms with Gasteiger partial charge in [0.2, 0.25) is 30.1 Å². The molecule has 0 spiro atoms. The van der Waals surface area contributed by atoms with E-state index in [9.17, 15) is 30.0 Å². The number of nitrogens with one attached hydrogen (secondary N) is 4. The van der Waals surface area contributed by atoms with Crippen molar-refractivity contribution < 1.29 is 30.0 Å². The van der Waals surface area contributed by atoms with E-state index in [1.807, 2.05) is 27.7 Å². The number of hydrogen-bond donors (Lipinski definition) is 6. The molecule has 4 unspecified atom stereocenters. The predicted molar refractivity (Wildman–Crippen MR) is 157 cm³/mol. The first kappa shape index (κ1) is 33.3. The van der Waals surface area contributed by atoms with Gasteiger partial charge in [-0.1, -0.05) is 57.3 Å². The number of amides is 1. The average Bonchev–Trinajstić information content (AvgIpc) is 2.85. The standard InChI is InChI=1S/C13H20ClN3O4S2.C10H12ClN3O3S/c1-4-7(2)8(3)13-16-10-5-9(14)11(22(15,18)19)6-12(10)23(20,21)17-13;1-2-9-13-7-4-6(11)8(18(12,16)17)3-5(7)10(15)14-9/h5-8,13,16-17H,4H2,1-3H3,(H2,15,18,19);3-4,9,13H,2H2,1H3,(H,14,15)(H2,12,16,17). The van der Waals surface area contributed by atoms with Crippen LogP contribution in [0, 0.1) is 11.8 Å². The average molecular weight is 672 g/mol. The van der Waals surface area contributed by atoms with Crippen LogP contribution in [0.1, 0.15) is 50.9 Å². The van der Waals surface area contributed by atoms with Gasteiger partial charge in [0.15, 0.2) is 0 Å². The van der Waals surface area contributed by atoms with Gasteiger partial charge in [-0.25, -0.2) is 35.5 Å². The summed E-state index contributed by atoms with van der Waals surface area (Å²) >= 11 is 11.8. The van der Waals surface area contributed by atoms with Gasteiger partial charge in [0.25, 0.3) is 5.91 Å². The highest BCUT2D eigenvalue weighted by Crippen LogP contribution is 2.35. The van der Waals surface area contributed by atoms with Crippen molar-refractivity contribution in [3.63, 3.8) is 0 Å². The van der Waals surface area contributed by atoms with Crippen molar-refractivity contribution in [3.8, 4) is 0 Å². The lowest BCUT2D eigenvalue weighted by Crippen LogP contribution is -2.49. The number of primary sulfonamides is 2. The number of hydrogen-bond acceptors (Lipinski definition) is 9. The molecule has 0 aliphatic carbocycles. The predicted octanol–water partition coefficient (Wildman–Crippen LogP) is 2.58. The van der Waals surface area contributed by atoms with E-state index >= 15 is 0 Å². The second-order valence-electron chi connectivity index (χ2n) is 9.76. The maximum atomic E-state index is 12.5. The number of sulfonamides is 3. The summed E-state index contributed by atoms with van der Waals surface area (Å²) in [4.78, 5) is 11.0. The lowest BCUT2D eigenvalue weighted by atomic mass is 9.91. The SMILES string of the molecule is CCC(C)C(C)C1Nc2cc(Cl)c(S(N)(=O)=O)cc2S(=O)(=O)N1.CCC1NC(=O)c2cc(S(N)(=O)=O)c(Cl)cc2N1. The first-order valence-electron chi connectivity index (χ1n) is 12.4. The smallest absolute Gasteiger partial charge is 0.255 e. The van der Waals surface area contributed by atoms with Gasteiger partial charge in [-0.3, -0.25) is 4.79 Å². The Morgan fingerprint density at radius 1 is 0.878 bits per heavy atom. The normalized spacial score (nSPS) is 21.0. The zero-order chi connectivity index (χ0) is 31.1. The second kappa shape index (κ2) is 12.2. The molecule has 2 aliphatic heterocycles. The second-order valence-corrected chi connectivity index (χ2v) is 15.3. The lowest BCUT2D eigenvalue weighted by molar-refractivity contribution is 0.0934. The van der Waals surface area contributed by atoms with Crippen molar-refractivity contribution in [2.45, 2.75) is 67.6 Å². The van der Waals surface area contributed by atoms with Gasteiger partial charge in [0, 0.05) is 0 Å². The van der Waals surface area contributed by atoms with Crippen LogP contribution in [-0.2, 0) is 30.1 Å². The minimum absolute atomic E-state index is 0.00620. The molecule has 0 fully saturated rings. The number of carbonyl (C=O) groups is 1. The maximum Gasteiger partial charge on any atom is 0.255 e. The van der Waals surface area contributed by atoms with Crippen LogP contribution in [0.15, 0.2) is 39.0 Å². The van der Waals surface area contributed by atoms with Crippen molar-refractivity contribution in [1.29, 1.82) is 0 Å². The van der Waals surface area contributed by atoms with E-state index in [4.69, 9.17) is 33.5 Å². The summed E-state index contributed by atoms with van der Waals surface area (Å²) in [5.41, 5.74) is 0.984. The van der Waals surface area contributed by atoms with E-state index < -0.39 is 41.1 Å². The van der Waals surface area contributed by atoms with Crippen LogP contribution in [0.5, 0.6) is 0 Å². The quantitative estimate of drug-likeness (QED) is 0.265. The Kier molecular flexibility index (Phi) is 9.92. The molecule has 2 heterocycles. The molecule has 1 amide bonds. The fraction of sp³-hybridized carbons (Fsp3) is 0.435. The Hall–Kier alpha value is -2.18. The first-order chi connectivity index (χ1) is 18.8. The summed E-state index contributed by atoms with van der Waals surface area (Å²) in [6.07, 6.45) is 0.902. The molecule has 0 saturated heterocycles. The molecule has 4 rings (SSSR count). The van der Waals surface area contributed by atoms with E-state index in [1.54, 1.807) is 0 Å². The third-order valence-corrected chi connectivity index (χ3v) is 11.2. The van der Waals surface area contributed by atoms with Gasteiger partial charge in [0.05, 0.1) is 39.3 Å². The third kappa shape index (κ3) is 7.43. The van der Waals surface area contributed by atoms with Gasteiger partial charge < -0.3 is 16.0 Å². The zero-order valence-corrected chi connectivity index (χ0v) is 26.5. The highest BCUT2D eigenvalue weighted by atomic mass is 35.5. The van der Waals surface area contributed by atoms with Crippen LogP contribution in [0.4, 0.5) is 11.4 Å². The number of fused-ring (bicyclic) bond motifs is 2. The van der Waals surface area contributed by atoms with E-state index in [0.717, 1.165) is 12.5 Å². The topological polar surface area (TPSA) is 220 Å². The number of rotatable bonds is 6. The summed E-state index contributed by atoms with van der Waals surface area (Å²) in [6, 6.07) is 4.84. The van der Waals surface area contributed by atoms with Crippen LogP contribution < -0.4 is 31.0 Å². The molecular weight excluding hydrogens is 639 g/mol. The number of benzene rings is 2. The molecule has 2 aromatic carbocycles. The molecular formula is C23H32Cl2N6O7S3. The largest absolute Gasteiger partial charge is 0.368 e. The highest BCUT2D eigenvalue weighted by molar-refractivity contribution is 7.90. The van der Waals surface area contributed by atoms with Crippen molar-refractivity contribution in [1.82, 2.24) is 10.0 Å². The molecule has 8 N–H and O–H groups in total. The minimum Gasteiger partial charge on any atom is -0.368 e. The molecule has 18 heteroatoms. The van der Waals surface area contributed by atoms with Gasteiger partial charge >= 0.3 is 0 Å². The summed E-state index contributed by atoms with van der Waals surface area (Å²) in [7, 11) is -11.9. The van der Waals surface area contributed by atoms with E-state index in [1.165, 1.54) is 18.2 Å². The fourth-order valence-corrected chi connectivity index (χ4v) is 7.89. The van der Waals surface area contributed by atoms with E-state index in [2.05, 4.69) is 20.7 Å². The van der Waals surface area contributed by atoms with Crippen molar-refractivity contribution in [2.75, 3.05) is 10.6 Å². The zero-order valence-electron chi connectivity index (χ0n) is 22.5. The van der Waals surface area contributed by atoms with Crippen molar-refractivity contribution >= 4 is 70.6 Å². The summed E-state index contributed by atoms with van der Waals surface area (Å²) in [5, 5.41) is 18.8. The molecule has 0 saturated carbocycles. The molecule has 13 nitrogen and oxygen atoms in total. The molecule has 228 valence electrons. The van der Waals surface area contributed by atoms with Crippen molar-refractivity contribution in [2.24, 2.45) is 22.1 Å².